The summed E-state index contributed by atoms with van der Waals surface area (Å²) in [7, 11) is 1.66. The summed E-state index contributed by atoms with van der Waals surface area (Å²) < 4.78 is 10.6. The molecule has 11 nitrogen and oxygen atoms in total. The molecule has 30 heavy (non-hydrogen) atoms. The minimum atomic E-state index is 0.0237. The molecule has 0 fully saturated rings. The highest BCUT2D eigenvalue weighted by Crippen LogP contribution is 2.18. The van der Waals surface area contributed by atoms with E-state index < -0.39 is 0 Å². The van der Waals surface area contributed by atoms with Crippen molar-refractivity contribution >= 4 is 16.9 Å². The van der Waals surface area contributed by atoms with E-state index in [9.17, 15) is 0 Å². The second-order valence-electron chi connectivity index (χ2n) is 6.81. The van der Waals surface area contributed by atoms with E-state index in [0.717, 1.165) is 22.5 Å². The van der Waals surface area contributed by atoms with E-state index in [-0.39, 0.29) is 6.61 Å². The third-order valence-electron chi connectivity index (χ3n) is 4.75. The van der Waals surface area contributed by atoms with Crippen LogP contribution in [0.1, 0.15) is 11.3 Å². The molecule has 5 aromatic heterocycles. The summed E-state index contributed by atoms with van der Waals surface area (Å²) in [6.07, 6.45) is 8.99. The van der Waals surface area contributed by atoms with E-state index in [1.54, 1.807) is 28.9 Å². The van der Waals surface area contributed by atoms with Crippen LogP contribution in [-0.4, -0.2) is 63.0 Å². The predicted octanol–water partition coefficient (Wildman–Crippen LogP) is 0.919. The van der Waals surface area contributed by atoms with Gasteiger partial charge in [-0.25, -0.2) is 19.6 Å². The van der Waals surface area contributed by atoms with Gasteiger partial charge in [0.05, 0.1) is 56.3 Å². The van der Waals surface area contributed by atoms with Gasteiger partial charge < -0.3 is 14.2 Å². The average Bonchev–Trinajstić information content (AvgIpc) is 3.48. The molecule has 0 radical (unpaired) electrons. The zero-order valence-electron chi connectivity index (χ0n) is 16.3. The van der Waals surface area contributed by atoms with Crippen molar-refractivity contribution in [3.05, 3.63) is 54.4 Å². The Hall–Kier alpha value is -3.70. The van der Waals surface area contributed by atoms with Crippen molar-refractivity contribution in [1.29, 1.82) is 0 Å². The van der Waals surface area contributed by atoms with E-state index in [0.29, 0.717) is 36.7 Å². The highest BCUT2D eigenvalue weighted by atomic mass is 16.5. The number of ether oxygens (including phenoxy) is 1. The number of nitrogens with zero attached hydrogens (tertiary/aromatic N) is 9. The Labute approximate surface area is 170 Å². The SMILES string of the molecule is COCc1cnc2ccc(Cn3nnc4ncc(-c5cnn(CCO)c5)nc43)cn12. The lowest BCUT2D eigenvalue weighted by Crippen LogP contribution is -2.05. The quantitative estimate of drug-likeness (QED) is 0.424. The number of aliphatic hydroxyl groups is 1. The van der Waals surface area contributed by atoms with Crippen molar-refractivity contribution in [3.8, 4) is 11.3 Å². The Morgan fingerprint density at radius 2 is 2.03 bits per heavy atom. The molecule has 0 bridgehead atoms. The number of pyridine rings is 1. The van der Waals surface area contributed by atoms with Crippen molar-refractivity contribution < 1.29 is 9.84 Å². The van der Waals surface area contributed by atoms with E-state index in [1.807, 2.05) is 35.1 Å². The Bertz CT molecular complexity index is 1320. The smallest absolute Gasteiger partial charge is 0.221 e. The van der Waals surface area contributed by atoms with E-state index >= 15 is 0 Å². The molecule has 5 aromatic rings. The minimum Gasteiger partial charge on any atom is -0.394 e. The van der Waals surface area contributed by atoms with Gasteiger partial charge in [0.25, 0.3) is 0 Å². The molecule has 0 saturated carbocycles. The number of hydrogen-bond donors (Lipinski definition) is 1. The Kier molecular flexibility index (Phi) is 4.65. The molecule has 0 aliphatic heterocycles. The lowest BCUT2D eigenvalue weighted by atomic mass is 10.2. The highest BCUT2D eigenvalue weighted by molar-refractivity contribution is 5.69. The molecular weight excluding hydrogens is 386 g/mol. The fourth-order valence-corrected chi connectivity index (χ4v) is 3.32. The molecule has 0 aliphatic carbocycles. The molecular formula is C19H19N9O2. The van der Waals surface area contributed by atoms with Crippen molar-refractivity contribution in [2.75, 3.05) is 13.7 Å². The van der Waals surface area contributed by atoms with Gasteiger partial charge in [0, 0.05) is 25.1 Å². The summed E-state index contributed by atoms with van der Waals surface area (Å²) in [6, 6.07) is 3.96. The lowest BCUT2D eigenvalue weighted by molar-refractivity contribution is 0.181. The number of rotatable bonds is 7. The minimum absolute atomic E-state index is 0.0237. The fourth-order valence-electron chi connectivity index (χ4n) is 3.32. The predicted molar refractivity (Wildman–Crippen MR) is 106 cm³/mol. The molecule has 0 aromatic carbocycles. The topological polar surface area (TPSA) is 121 Å². The van der Waals surface area contributed by atoms with Gasteiger partial charge in [0.15, 0.2) is 5.65 Å². The normalized spacial score (nSPS) is 11.7. The third-order valence-corrected chi connectivity index (χ3v) is 4.75. The van der Waals surface area contributed by atoms with Gasteiger partial charge in [-0.3, -0.25) is 4.68 Å². The summed E-state index contributed by atoms with van der Waals surface area (Å²) in [5.74, 6) is 0. The first-order chi connectivity index (χ1) is 14.7. The monoisotopic (exact) mass is 405 g/mol. The lowest BCUT2D eigenvalue weighted by Gasteiger charge is -2.06. The second kappa shape index (κ2) is 7.61. The van der Waals surface area contributed by atoms with Crippen LogP contribution < -0.4 is 0 Å². The van der Waals surface area contributed by atoms with Crippen LogP contribution in [0.3, 0.4) is 0 Å². The zero-order valence-corrected chi connectivity index (χ0v) is 16.3. The summed E-state index contributed by atoms with van der Waals surface area (Å²) in [5, 5.41) is 21.6. The maximum atomic E-state index is 9.07. The van der Waals surface area contributed by atoms with E-state index in [4.69, 9.17) is 14.8 Å². The highest BCUT2D eigenvalue weighted by Gasteiger charge is 2.12. The number of imidazole rings is 1. The van der Waals surface area contributed by atoms with Crippen LogP contribution >= 0.6 is 0 Å². The van der Waals surface area contributed by atoms with Gasteiger partial charge in [0.2, 0.25) is 5.65 Å². The molecule has 0 unspecified atom stereocenters. The summed E-state index contributed by atoms with van der Waals surface area (Å²) in [4.78, 5) is 13.5. The number of fused-ring (bicyclic) bond motifs is 2. The number of methoxy groups -OCH3 is 1. The van der Waals surface area contributed by atoms with Crippen LogP contribution in [0.2, 0.25) is 0 Å². The van der Waals surface area contributed by atoms with Crippen molar-refractivity contribution in [2.45, 2.75) is 19.7 Å². The van der Waals surface area contributed by atoms with Crippen LogP contribution in [-0.2, 0) is 24.4 Å². The first-order valence-corrected chi connectivity index (χ1v) is 9.39. The molecule has 11 heteroatoms. The molecule has 0 amide bonds. The number of hydrogen-bond acceptors (Lipinski definition) is 8. The second-order valence-corrected chi connectivity index (χ2v) is 6.81. The first-order valence-electron chi connectivity index (χ1n) is 9.39. The van der Waals surface area contributed by atoms with Crippen LogP contribution in [0.4, 0.5) is 0 Å². The Morgan fingerprint density at radius 3 is 2.90 bits per heavy atom. The van der Waals surface area contributed by atoms with Gasteiger partial charge in [-0.05, 0) is 11.6 Å². The molecule has 0 saturated heterocycles. The molecule has 5 heterocycles. The van der Waals surface area contributed by atoms with Gasteiger partial charge >= 0.3 is 0 Å². The Balaban J connectivity index is 1.48. The van der Waals surface area contributed by atoms with Crippen LogP contribution in [0, 0.1) is 0 Å². The van der Waals surface area contributed by atoms with Crippen molar-refractivity contribution in [2.24, 2.45) is 0 Å². The largest absolute Gasteiger partial charge is 0.394 e. The zero-order chi connectivity index (χ0) is 20.5. The maximum Gasteiger partial charge on any atom is 0.221 e. The van der Waals surface area contributed by atoms with Gasteiger partial charge in [-0.2, -0.15) is 5.10 Å². The summed E-state index contributed by atoms with van der Waals surface area (Å²) in [5.41, 5.74) is 5.40. The van der Waals surface area contributed by atoms with E-state index in [2.05, 4.69) is 25.4 Å². The molecule has 0 spiro atoms. The van der Waals surface area contributed by atoms with Crippen LogP contribution in [0.25, 0.3) is 28.2 Å². The Morgan fingerprint density at radius 1 is 1.10 bits per heavy atom. The van der Waals surface area contributed by atoms with Gasteiger partial charge in [-0.1, -0.05) is 11.3 Å². The third kappa shape index (κ3) is 3.29. The molecule has 0 atom stereocenters. The van der Waals surface area contributed by atoms with Gasteiger partial charge in [0.1, 0.15) is 5.65 Å². The summed E-state index contributed by atoms with van der Waals surface area (Å²) in [6.45, 7) is 1.42. The van der Waals surface area contributed by atoms with Crippen molar-refractivity contribution in [1.82, 2.24) is 44.1 Å². The molecule has 1 N–H and O–H groups in total. The van der Waals surface area contributed by atoms with Crippen LogP contribution in [0.15, 0.2) is 43.1 Å². The number of aromatic nitrogens is 9. The maximum absolute atomic E-state index is 9.07. The van der Waals surface area contributed by atoms with Crippen molar-refractivity contribution in [3.63, 3.8) is 0 Å². The molecule has 152 valence electrons. The standard InChI is InChI=1S/C19H19N9O2/c1-30-12-15-7-20-17-3-2-13(9-27(15)17)10-28-19-18(24-25-28)21-8-16(23-19)14-6-22-26(11-14)4-5-29/h2-3,6-9,11,29H,4-5,10,12H2,1H3. The first kappa shape index (κ1) is 18.3. The number of aliphatic hydroxyl groups excluding tert-OH is 1. The summed E-state index contributed by atoms with van der Waals surface area (Å²) >= 11 is 0. The molecule has 0 aliphatic rings. The van der Waals surface area contributed by atoms with E-state index in [1.165, 1.54) is 0 Å². The molecule has 5 rings (SSSR count). The van der Waals surface area contributed by atoms with Crippen LogP contribution in [0.5, 0.6) is 0 Å². The average molecular weight is 405 g/mol. The van der Waals surface area contributed by atoms with Gasteiger partial charge in [-0.15, -0.1) is 5.10 Å². The fraction of sp³-hybridized carbons (Fsp3) is 0.263.